The highest BCUT2D eigenvalue weighted by molar-refractivity contribution is 7.90. The van der Waals surface area contributed by atoms with Gasteiger partial charge in [0.15, 0.2) is 9.84 Å². The zero-order valence-corrected chi connectivity index (χ0v) is 16.7. The molecule has 3 rings (SSSR count). The SMILES string of the molecule is CS(=O)(=O)c1ccc(CCC(=O)NCC2(c3cccs3)CCCC2)cc1. The predicted octanol–water partition coefficient (Wildman–Crippen LogP) is 3.71. The number of thiophene rings is 1. The van der Waals surface area contributed by atoms with E-state index in [-0.39, 0.29) is 11.3 Å². The van der Waals surface area contributed by atoms with Crippen molar-refractivity contribution in [2.24, 2.45) is 0 Å². The number of nitrogens with one attached hydrogen (secondary N) is 1. The Morgan fingerprint density at radius 1 is 1.15 bits per heavy atom. The first-order valence-corrected chi connectivity index (χ1v) is 11.8. The lowest BCUT2D eigenvalue weighted by molar-refractivity contribution is -0.121. The molecule has 4 nitrogen and oxygen atoms in total. The number of carbonyl (C=O) groups is 1. The van der Waals surface area contributed by atoms with Gasteiger partial charge in [0.25, 0.3) is 0 Å². The molecular weight excluding hydrogens is 366 g/mol. The molecule has 1 aromatic heterocycles. The van der Waals surface area contributed by atoms with Gasteiger partial charge in [0, 0.05) is 29.5 Å². The van der Waals surface area contributed by atoms with Gasteiger partial charge in [-0.05, 0) is 48.4 Å². The smallest absolute Gasteiger partial charge is 0.220 e. The standard InChI is InChI=1S/C20H25NO3S2/c1-26(23,24)17-9-6-16(7-10-17)8-11-19(22)21-15-20(12-2-3-13-20)18-5-4-14-25-18/h4-7,9-10,14H,2-3,8,11-13,15H2,1H3,(H,21,22). The highest BCUT2D eigenvalue weighted by atomic mass is 32.2. The number of rotatable bonds is 7. The molecule has 1 aromatic carbocycles. The summed E-state index contributed by atoms with van der Waals surface area (Å²) in [7, 11) is -3.18. The Balaban J connectivity index is 1.53. The summed E-state index contributed by atoms with van der Waals surface area (Å²) in [6.45, 7) is 0.708. The highest BCUT2D eigenvalue weighted by Crippen LogP contribution is 2.42. The second-order valence-electron chi connectivity index (χ2n) is 7.16. The largest absolute Gasteiger partial charge is 0.355 e. The molecule has 1 heterocycles. The van der Waals surface area contributed by atoms with Gasteiger partial charge in [0.1, 0.15) is 0 Å². The summed E-state index contributed by atoms with van der Waals surface area (Å²) in [6, 6.07) is 11.1. The molecule has 2 aromatic rings. The topological polar surface area (TPSA) is 63.2 Å². The third kappa shape index (κ3) is 4.54. The number of benzene rings is 1. The van der Waals surface area contributed by atoms with E-state index in [1.54, 1.807) is 35.6 Å². The fourth-order valence-corrected chi connectivity index (χ4v) is 5.28. The molecule has 0 unspecified atom stereocenters. The Kier molecular flexibility index (Phi) is 5.82. The first kappa shape index (κ1) is 19.1. The molecule has 1 amide bonds. The van der Waals surface area contributed by atoms with Crippen LogP contribution in [0, 0.1) is 0 Å². The molecule has 1 N–H and O–H groups in total. The van der Waals surface area contributed by atoms with E-state index in [0.29, 0.717) is 24.3 Å². The van der Waals surface area contributed by atoms with Gasteiger partial charge >= 0.3 is 0 Å². The van der Waals surface area contributed by atoms with E-state index in [9.17, 15) is 13.2 Å². The summed E-state index contributed by atoms with van der Waals surface area (Å²) < 4.78 is 23.0. The van der Waals surface area contributed by atoms with Crippen LogP contribution in [-0.4, -0.2) is 27.1 Å². The summed E-state index contributed by atoms with van der Waals surface area (Å²) >= 11 is 1.78. The van der Waals surface area contributed by atoms with E-state index in [1.165, 1.54) is 24.0 Å². The minimum atomic E-state index is -3.18. The molecule has 0 spiro atoms. The molecular formula is C20H25NO3S2. The number of hydrogen-bond acceptors (Lipinski definition) is 4. The molecule has 0 radical (unpaired) electrons. The summed E-state index contributed by atoms with van der Waals surface area (Å²) in [5, 5.41) is 5.24. The minimum Gasteiger partial charge on any atom is -0.355 e. The van der Waals surface area contributed by atoms with Crippen LogP contribution in [0.2, 0.25) is 0 Å². The fourth-order valence-electron chi connectivity index (χ4n) is 3.66. The summed E-state index contributed by atoms with van der Waals surface area (Å²) in [5.74, 6) is 0.0556. The maximum absolute atomic E-state index is 12.3. The van der Waals surface area contributed by atoms with E-state index in [0.717, 1.165) is 18.4 Å². The highest BCUT2D eigenvalue weighted by Gasteiger charge is 2.36. The number of carbonyl (C=O) groups excluding carboxylic acids is 1. The van der Waals surface area contributed by atoms with Crippen LogP contribution >= 0.6 is 11.3 Å². The van der Waals surface area contributed by atoms with Crippen LogP contribution in [0.3, 0.4) is 0 Å². The summed E-state index contributed by atoms with van der Waals surface area (Å²) in [5.41, 5.74) is 1.09. The van der Waals surface area contributed by atoms with Crippen LogP contribution in [0.25, 0.3) is 0 Å². The molecule has 1 fully saturated rings. The minimum absolute atomic E-state index is 0.0556. The normalized spacial score (nSPS) is 16.5. The van der Waals surface area contributed by atoms with Gasteiger partial charge < -0.3 is 5.32 Å². The van der Waals surface area contributed by atoms with Crippen molar-refractivity contribution in [2.45, 2.75) is 48.8 Å². The van der Waals surface area contributed by atoms with E-state index in [2.05, 4.69) is 22.8 Å². The Hall–Kier alpha value is -1.66. The van der Waals surface area contributed by atoms with Crippen molar-refractivity contribution >= 4 is 27.1 Å². The molecule has 26 heavy (non-hydrogen) atoms. The van der Waals surface area contributed by atoms with Crippen molar-refractivity contribution in [1.29, 1.82) is 0 Å². The molecule has 0 atom stereocenters. The Bertz CT molecular complexity index is 834. The van der Waals surface area contributed by atoms with E-state index >= 15 is 0 Å². The lowest BCUT2D eigenvalue weighted by Crippen LogP contribution is -2.38. The average molecular weight is 392 g/mol. The van der Waals surface area contributed by atoms with Crippen molar-refractivity contribution < 1.29 is 13.2 Å². The number of hydrogen-bond donors (Lipinski definition) is 1. The molecule has 1 aliphatic carbocycles. The number of sulfone groups is 1. The van der Waals surface area contributed by atoms with Gasteiger partial charge in [-0.15, -0.1) is 11.3 Å². The molecule has 0 aliphatic heterocycles. The van der Waals surface area contributed by atoms with Crippen LogP contribution in [0.15, 0.2) is 46.7 Å². The zero-order chi connectivity index (χ0) is 18.6. The van der Waals surface area contributed by atoms with Crippen LogP contribution in [0.5, 0.6) is 0 Å². The van der Waals surface area contributed by atoms with Crippen LogP contribution < -0.4 is 5.32 Å². The molecule has 1 aliphatic rings. The zero-order valence-electron chi connectivity index (χ0n) is 15.0. The molecule has 6 heteroatoms. The van der Waals surface area contributed by atoms with E-state index < -0.39 is 9.84 Å². The van der Waals surface area contributed by atoms with Gasteiger partial charge in [-0.3, -0.25) is 4.79 Å². The van der Waals surface area contributed by atoms with Gasteiger partial charge in [-0.1, -0.05) is 31.0 Å². The maximum atomic E-state index is 12.3. The average Bonchev–Trinajstić information content (AvgIpc) is 3.30. The number of amides is 1. The second-order valence-corrected chi connectivity index (χ2v) is 10.1. The molecule has 0 bridgehead atoms. The van der Waals surface area contributed by atoms with Crippen LogP contribution in [0.4, 0.5) is 0 Å². The van der Waals surface area contributed by atoms with Crippen LogP contribution in [-0.2, 0) is 26.5 Å². The van der Waals surface area contributed by atoms with Crippen molar-refractivity contribution in [2.75, 3.05) is 12.8 Å². The van der Waals surface area contributed by atoms with Crippen molar-refractivity contribution in [3.05, 3.63) is 52.2 Å². The quantitative estimate of drug-likeness (QED) is 0.782. The second kappa shape index (κ2) is 7.92. The van der Waals surface area contributed by atoms with Crippen molar-refractivity contribution in [3.63, 3.8) is 0 Å². The van der Waals surface area contributed by atoms with Crippen LogP contribution in [0.1, 0.15) is 42.5 Å². The predicted molar refractivity (Wildman–Crippen MR) is 105 cm³/mol. The third-order valence-electron chi connectivity index (χ3n) is 5.22. The maximum Gasteiger partial charge on any atom is 0.220 e. The lowest BCUT2D eigenvalue weighted by Gasteiger charge is -2.28. The molecule has 140 valence electrons. The van der Waals surface area contributed by atoms with Crippen molar-refractivity contribution in [3.8, 4) is 0 Å². The first-order valence-electron chi connectivity index (χ1n) is 8.99. The lowest BCUT2D eigenvalue weighted by atomic mass is 9.84. The summed E-state index contributed by atoms with van der Waals surface area (Å²) in [4.78, 5) is 14.0. The van der Waals surface area contributed by atoms with Gasteiger partial charge in [-0.2, -0.15) is 0 Å². The third-order valence-corrected chi connectivity index (χ3v) is 7.47. The number of aryl methyl sites for hydroxylation is 1. The Morgan fingerprint density at radius 2 is 1.85 bits per heavy atom. The van der Waals surface area contributed by atoms with Gasteiger partial charge in [0.2, 0.25) is 5.91 Å². The Morgan fingerprint density at radius 3 is 2.42 bits per heavy atom. The monoisotopic (exact) mass is 391 g/mol. The first-order chi connectivity index (χ1) is 12.4. The summed E-state index contributed by atoms with van der Waals surface area (Å²) in [6.07, 6.45) is 6.95. The van der Waals surface area contributed by atoms with Crippen molar-refractivity contribution in [1.82, 2.24) is 5.32 Å². The van der Waals surface area contributed by atoms with E-state index in [1.807, 2.05) is 0 Å². The van der Waals surface area contributed by atoms with E-state index in [4.69, 9.17) is 0 Å². The van der Waals surface area contributed by atoms with Gasteiger partial charge in [0.05, 0.1) is 4.90 Å². The van der Waals surface area contributed by atoms with Gasteiger partial charge in [-0.25, -0.2) is 8.42 Å². The fraction of sp³-hybridized carbons (Fsp3) is 0.450. The molecule has 0 saturated heterocycles. The molecule has 1 saturated carbocycles. The Labute approximate surface area is 159 Å².